The minimum Gasteiger partial charge on any atom is -0.376 e. The lowest BCUT2D eigenvalue weighted by atomic mass is 10.1. The summed E-state index contributed by atoms with van der Waals surface area (Å²) in [6.07, 6.45) is 3.68. The standard InChI is InChI=1S/C13H19BrN4O3/c1-9-11(18(19)20)8-17-13(12(9)14)16-6-7-21-10-2-4-15-5-3-10/h8,10,15H,2-7H2,1H3,(H,16,17). The minimum absolute atomic E-state index is 0.0124. The largest absolute Gasteiger partial charge is 0.376 e. The molecular formula is C13H19BrN4O3. The lowest BCUT2D eigenvalue weighted by Gasteiger charge is -2.23. The highest BCUT2D eigenvalue weighted by Gasteiger charge is 2.17. The Bertz CT molecular complexity index is 506. The molecule has 0 saturated carbocycles. The fourth-order valence-electron chi connectivity index (χ4n) is 2.23. The van der Waals surface area contributed by atoms with Crippen molar-refractivity contribution in [2.45, 2.75) is 25.9 Å². The van der Waals surface area contributed by atoms with E-state index in [4.69, 9.17) is 4.74 Å². The average Bonchev–Trinajstić information content (AvgIpc) is 2.48. The molecule has 2 N–H and O–H groups in total. The smallest absolute Gasteiger partial charge is 0.291 e. The number of nitrogens with one attached hydrogen (secondary N) is 2. The summed E-state index contributed by atoms with van der Waals surface area (Å²) in [6.45, 7) is 4.92. The van der Waals surface area contributed by atoms with E-state index in [1.54, 1.807) is 6.92 Å². The second kappa shape index (κ2) is 7.67. The van der Waals surface area contributed by atoms with Gasteiger partial charge in [-0.15, -0.1) is 0 Å². The molecule has 1 aromatic rings. The van der Waals surface area contributed by atoms with Crippen molar-refractivity contribution in [3.63, 3.8) is 0 Å². The fraction of sp³-hybridized carbons (Fsp3) is 0.615. The first-order valence-electron chi connectivity index (χ1n) is 6.95. The molecule has 0 aromatic carbocycles. The van der Waals surface area contributed by atoms with Crippen LogP contribution in [0.25, 0.3) is 0 Å². The maximum absolute atomic E-state index is 10.8. The molecule has 116 valence electrons. The number of nitro groups is 1. The van der Waals surface area contributed by atoms with Gasteiger partial charge in [-0.2, -0.15) is 0 Å². The van der Waals surface area contributed by atoms with Gasteiger partial charge in [0.05, 0.1) is 22.1 Å². The number of nitrogens with zero attached hydrogens (tertiary/aromatic N) is 2. The van der Waals surface area contributed by atoms with E-state index in [1.807, 2.05) is 0 Å². The second-order valence-corrected chi connectivity index (χ2v) is 5.73. The van der Waals surface area contributed by atoms with Crippen molar-refractivity contribution in [2.24, 2.45) is 0 Å². The number of rotatable bonds is 6. The molecule has 1 aliphatic heterocycles. The van der Waals surface area contributed by atoms with Crippen LogP contribution in [0, 0.1) is 17.0 Å². The van der Waals surface area contributed by atoms with E-state index in [1.165, 1.54) is 6.20 Å². The predicted molar refractivity (Wildman–Crippen MR) is 83.7 cm³/mol. The first-order valence-corrected chi connectivity index (χ1v) is 7.74. The summed E-state index contributed by atoms with van der Waals surface area (Å²) in [7, 11) is 0. The normalized spacial score (nSPS) is 15.9. The van der Waals surface area contributed by atoms with Gasteiger partial charge in [0.15, 0.2) is 0 Å². The van der Waals surface area contributed by atoms with Gasteiger partial charge in [0, 0.05) is 12.1 Å². The van der Waals surface area contributed by atoms with Crippen molar-refractivity contribution < 1.29 is 9.66 Å². The first kappa shape index (κ1) is 16.1. The SMILES string of the molecule is Cc1c([N+](=O)[O-])cnc(NCCOC2CCNCC2)c1Br. The van der Waals surface area contributed by atoms with Crippen LogP contribution in [-0.2, 0) is 4.74 Å². The molecule has 0 amide bonds. The Labute approximate surface area is 131 Å². The van der Waals surface area contributed by atoms with Crippen molar-refractivity contribution in [1.82, 2.24) is 10.3 Å². The molecule has 1 saturated heterocycles. The molecule has 0 spiro atoms. The van der Waals surface area contributed by atoms with E-state index in [0.717, 1.165) is 25.9 Å². The zero-order valence-electron chi connectivity index (χ0n) is 11.9. The van der Waals surface area contributed by atoms with Gasteiger partial charge >= 0.3 is 0 Å². The van der Waals surface area contributed by atoms with E-state index in [0.29, 0.717) is 35.1 Å². The third-order valence-corrected chi connectivity index (χ3v) is 4.44. The molecule has 8 heteroatoms. The number of piperidine rings is 1. The molecule has 2 heterocycles. The Kier molecular flexibility index (Phi) is 5.89. The van der Waals surface area contributed by atoms with Crippen molar-refractivity contribution in [1.29, 1.82) is 0 Å². The van der Waals surface area contributed by atoms with Crippen LogP contribution in [0.2, 0.25) is 0 Å². The highest BCUT2D eigenvalue weighted by atomic mass is 79.9. The molecule has 7 nitrogen and oxygen atoms in total. The van der Waals surface area contributed by atoms with Gasteiger partial charge in [0.2, 0.25) is 0 Å². The minimum atomic E-state index is -0.433. The Hall–Kier alpha value is -1.25. The van der Waals surface area contributed by atoms with Crippen LogP contribution >= 0.6 is 15.9 Å². The summed E-state index contributed by atoms with van der Waals surface area (Å²) in [4.78, 5) is 14.5. The third-order valence-electron chi connectivity index (χ3n) is 3.47. The van der Waals surface area contributed by atoms with E-state index in [2.05, 4.69) is 31.5 Å². The Balaban J connectivity index is 1.83. The summed E-state index contributed by atoms with van der Waals surface area (Å²) >= 11 is 3.35. The molecule has 2 rings (SSSR count). The van der Waals surface area contributed by atoms with Gasteiger partial charge < -0.3 is 15.4 Å². The lowest BCUT2D eigenvalue weighted by molar-refractivity contribution is -0.385. The fourth-order valence-corrected chi connectivity index (χ4v) is 2.68. The molecule has 1 fully saturated rings. The molecule has 0 aliphatic carbocycles. The third kappa shape index (κ3) is 4.36. The number of aromatic nitrogens is 1. The zero-order chi connectivity index (χ0) is 15.2. The monoisotopic (exact) mass is 358 g/mol. The second-order valence-electron chi connectivity index (χ2n) is 4.94. The Morgan fingerprint density at radius 3 is 2.95 bits per heavy atom. The van der Waals surface area contributed by atoms with Crippen LogP contribution in [0.1, 0.15) is 18.4 Å². The van der Waals surface area contributed by atoms with E-state index < -0.39 is 4.92 Å². The van der Waals surface area contributed by atoms with E-state index >= 15 is 0 Å². The summed E-state index contributed by atoms with van der Waals surface area (Å²) in [5, 5.41) is 17.3. The van der Waals surface area contributed by atoms with Gasteiger partial charge in [0.25, 0.3) is 5.69 Å². The molecule has 0 bridgehead atoms. The highest BCUT2D eigenvalue weighted by Crippen LogP contribution is 2.30. The van der Waals surface area contributed by atoms with Crippen LogP contribution in [0.4, 0.5) is 11.5 Å². The van der Waals surface area contributed by atoms with Crippen molar-refractivity contribution in [2.75, 3.05) is 31.6 Å². The van der Waals surface area contributed by atoms with E-state index in [-0.39, 0.29) is 5.69 Å². The van der Waals surface area contributed by atoms with Crippen LogP contribution in [-0.4, -0.2) is 42.3 Å². The molecule has 1 aliphatic rings. The molecule has 1 aromatic heterocycles. The van der Waals surface area contributed by atoms with Crippen LogP contribution in [0.5, 0.6) is 0 Å². The summed E-state index contributed by atoms with van der Waals surface area (Å²) in [5.41, 5.74) is 0.579. The summed E-state index contributed by atoms with van der Waals surface area (Å²) < 4.78 is 6.41. The van der Waals surface area contributed by atoms with Crippen LogP contribution in [0.15, 0.2) is 10.7 Å². The topological polar surface area (TPSA) is 89.3 Å². The molecule has 21 heavy (non-hydrogen) atoms. The van der Waals surface area contributed by atoms with Gasteiger partial charge in [-0.05, 0) is 48.8 Å². The highest BCUT2D eigenvalue weighted by molar-refractivity contribution is 9.10. The number of halogens is 1. The molecule has 0 unspecified atom stereocenters. The molecule has 0 radical (unpaired) electrons. The lowest BCUT2D eigenvalue weighted by Crippen LogP contribution is -2.33. The zero-order valence-corrected chi connectivity index (χ0v) is 13.5. The van der Waals surface area contributed by atoms with Crippen LogP contribution in [0.3, 0.4) is 0 Å². The van der Waals surface area contributed by atoms with Crippen molar-refractivity contribution in [3.8, 4) is 0 Å². The summed E-state index contributed by atoms with van der Waals surface area (Å²) in [5.74, 6) is 0.604. The van der Waals surface area contributed by atoms with Crippen molar-refractivity contribution in [3.05, 3.63) is 26.3 Å². The van der Waals surface area contributed by atoms with E-state index in [9.17, 15) is 10.1 Å². The van der Waals surface area contributed by atoms with Gasteiger partial charge in [-0.3, -0.25) is 10.1 Å². The maximum atomic E-state index is 10.8. The maximum Gasteiger partial charge on any atom is 0.291 e. The molecular weight excluding hydrogens is 340 g/mol. The molecule has 0 atom stereocenters. The number of anilines is 1. The number of ether oxygens (including phenoxy) is 1. The summed E-state index contributed by atoms with van der Waals surface area (Å²) in [6, 6.07) is 0. The Morgan fingerprint density at radius 1 is 1.57 bits per heavy atom. The average molecular weight is 359 g/mol. The first-order chi connectivity index (χ1) is 10.1. The number of hydrogen-bond donors (Lipinski definition) is 2. The van der Waals surface area contributed by atoms with Gasteiger partial charge in [-0.25, -0.2) is 4.98 Å². The number of hydrogen-bond acceptors (Lipinski definition) is 6. The van der Waals surface area contributed by atoms with Gasteiger partial charge in [0.1, 0.15) is 12.0 Å². The number of pyridine rings is 1. The van der Waals surface area contributed by atoms with Gasteiger partial charge in [-0.1, -0.05) is 0 Å². The quantitative estimate of drug-likeness (QED) is 0.460. The van der Waals surface area contributed by atoms with Crippen LogP contribution < -0.4 is 10.6 Å². The Morgan fingerprint density at radius 2 is 2.29 bits per heavy atom. The van der Waals surface area contributed by atoms with Crippen molar-refractivity contribution >= 4 is 27.4 Å². The predicted octanol–water partition coefficient (Wildman–Crippen LogP) is 2.24.